The van der Waals surface area contributed by atoms with Crippen LogP contribution in [-0.2, 0) is 9.59 Å². The summed E-state index contributed by atoms with van der Waals surface area (Å²) >= 11 is 64.1. The molecule has 0 aliphatic heterocycles. The summed E-state index contributed by atoms with van der Waals surface area (Å²) in [6.45, 7) is 0. The lowest BCUT2D eigenvalue weighted by molar-refractivity contribution is -0.147. The van der Waals surface area contributed by atoms with Crippen LogP contribution < -0.4 is 9.47 Å². The Labute approximate surface area is 262 Å². The van der Waals surface area contributed by atoms with Crippen LogP contribution in [0, 0.1) is 0 Å². The lowest BCUT2D eigenvalue weighted by Gasteiger charge is -2.19. The van der Waals surface area contributed by atoms with Crippen LogP contribution in [-0.4, -0.2) is 11.9 Å². The molecule has 0 N–H and O–H groups in total. The second-order valence-corrected chi connectivity index (χ2v) is 11.2. The van der Waals surface area contributed by atoms with E-state index >= 15 is 0 Å². The van der Waals surface area contributed by atoms with Crippen molar-refractivity contribution in [2.45, 2.75) is 5.92 Å². The number of esters is 2. The van der Waals surface area contributed by atoms with Crippen LogP contribution >= 0.6 is 132 Å². The Bertz CT molecular complexity index is 1270. The fourth-order valence-corrected chi connectivity index (χ4v) is 5.64. The molecule has 0 amide bonds. The van der Waals surface area contributed by atoms with Crippen molar-refractivity contribution in [1.82, 2.24) is 0 Å². The highest BCUT2D eigenvalue weighted by Gasteiger charge is 2.37. The summed E-state index contributed by atoms with van der Waals surface area (Å²) in [7, 11) is 0. The summed E-state index contributed by atoms with van der Waals surface area (Å²) < 4.78 is 11.1. The highest BCUT2D eigenvalue weighted by Crippen LogP contribution is 2.50. The second-order valence-electron chi connectivity index (χ2n) is 6.59. The molecular weight excluding hydrogens is 751 g/mol. The molecule has 0 aromatic heterocycles. The number of ether oxygens (including phenoxy) is 2. The standard InChI is InChI=1S/C21H5BrCl10O4/c22-6-4-2-1-3-5(6)7(20(33)35-18-14(29)10(25)8(23)11(26)15(18)30)21(34)36-19-16(31)12(27)9(24)13(28)17(19)32/h1-4,7H. The van der Waals surface area contributed by atoms with Crippen molar-refractivity contribution < 1.29 is 19.1 Å². The third-order valence-corrected chi connectivity index (χ3v) is 9.64. The fraction of sp³-hybridized carbons (Fsp3) is 0.0476. The Balaban J connectivity index is 2.10. The van der Waals surface area contributed by atoms with Crippen LogP contribution in [0.2, 0.25) is 50.2 Å². The van der Waals surface area contributed by atoms with E-state index in [0.717, 1.165) is 0 Å². The minimum absolute atomic E-state index is 0.143. The Morgan fingerprint density at radius 3 is 1.19 bits per heavy atom. The lowest BCUT2D eigenvalue weighted by atomic mass is 9.99. The second kappa shape index (κ2) is 12.4. The smallest absolute Gasteiger partial charge is 0.330 e. The molecule has 0 heterocycles. The molecule has 0 radical (unpaired) electrons. The molecular formula is C21H5BrCl10O4. The van der Waals surface area contributed by atoms with E-state index in [1.165, 1.54) is 6.07 Å². The largest absolute Gasteiger partial charge is 0.422 e. The van der Waals surface area contributed by atoms with Crippen molar-refractivity contribution >= 4 is 144 Å². The number of carbonyl (C=O) groups excluding carboxylic acids is 2. The van der Waals surface area contributed by atoms with E-state index in [4.69, 9.17) is 125 Å². The van der Waals surface area contributed by atoms with Gasteiger partial charge in [0.25, 0.3) is 0 Å². The molecule has 0 bridgehead atoms. The van der Waals surface area contributed by atoms with E-state index in [0.29, 0.717) is 4.47 Å². The molecule has 3 aromatic carbocycles. The molecule has 3 rings (SSSR count). The molecule has 0 spiro atoms. The molecule has 3 aromatic rings. The molecule has 0 fully saturated rings. The number of hydrogen-bond donors (Lipinski definition) is 0. The fourth-order valence-electron chi connectivity index (χ4n) is 2.73. The third kappa shape index (κ3) is 5.93. The summed E-state index contributed by atoms with van der Waals surface area (Å²) in [5.41, 5.74) is 0.143. The van der Waals surface area contributed by atoms with Crippen LogP contribution in [0.3, 0.4) is 0 Å². The average Bonchev–Trinajstić information content (AvgIpc) is 2.85. The van der Waals surface area contributed by atoms with Gasteiger partial charge < -0.3 is 9.47 Å². The minimum Gasteiger partial charge on any atom is -0.422 e. The van der Waals surface area contributed by atoms with Gasteiger partial charge in [0, 0.05) is 4.47 Å². The van der Waals surface area contributed by atoms with Crippen molar-refractivity contribution in [2.75, 3.05) is 0 Å². The van der Waals surface area contributed by atoms with E-state index in [2.05, 4.69) is 15.9 Å². The summed E-state index contributed by atoms with van der Waals surface area (Å²) in [5.74, 6) is -4.95. The first-order valence-corrected chi connectivity index (χ1v) is 13.6. The Kier molecular flexibility index (Phi) is 10.5. The van der Waals surface area contributed by atoms with E-state index < -0.39 is 29.4 Å². The molecule has 0 aliphatic carbocycles. The van der Waals surface area contributed by atoms with Gasteiger partial charge in [-0.2, -0.15) is 0 Å². The summed E-state index contributed by atoms with van der Waals surface area (Å²) in [4.78, 5) is 26.7. The van der Waals surface area contributed by atoms with Crippen molar-refractivity contribution in [2.24, 2.45) is 0 Å². The maximum absolute atomic E-state index is 13.3. The maximum Gasteiger partial charge on any atom is 0.330 e. The van der Waals surface area contributed by atoms with E-state index in [-0.39, 0.29) is 55.8 Å². The van der Waals surface area contributed by atoms with Crippen molar-refractivity contribution in [1.29, 1.82) is 0 Å². The molecule has 15 heteroatoms. The molecule has 0 saturated heterocycles. The van der Waals surface area contributed by atoms with Crippen LogP contribution in [0.4, 0.5) is 0 Å². The number of carbonyl (C=O) groups is 2. The van der Waals surface area contributed by atoms with Gasteiger partial charge in [-0.05, 0) is 11.6 Å². The molecule has 0 atom stereocenters. The summed E-state index contributed by atoms with van der Waals surface area (Å²) in [6, 6.07) is 6.27. The molecule has 0 unspecified atom stereocenters. The summed E-state index contributed by atoms with van der Waals surface area (Å²) in [6.07, 6.45) is 0. The van der Waals surface area contributed by atoms with Gasteiger partial charge in [-0.15, -0.1) is 0 Å². The zero-order chi connectivity index (χ0) is 27.1. The van der Waals surface area contributed by atoms with Crippen LogP contribution in [0.15, 0.2) is 28.7 Å². The lowest BCUT2D eigenvalue weighted by Crippen LogP contribution is -2.30. The van der Waals surface area contributed by atoms with Gasteiger partial charge in [0.1, 0.15) is 20.1 Å². The predicted octanol–water partition coefficient (Wildman–Crippen LogP) is 11.3. The van der Waals surface area contributed by atoms with Gasteiger partial charge in [-0.1, -0.05) is 150 Å². The van der Waals surface area contributed by atoms with Gasteiger partial charge >= 0.3 is 11.9 Å². The first kappa shape index (κ1) is 30.5. The topological polar surface area (TPSA) is 52.6 Å². The number of halogens is 11. The predicted molar refractivity (Wildman–Crippen MR) is 151 cm³/mol. The van der Waals surface area contributed by atoms with E-state index in [1.807, 2.05) is 0 Å². The third-order valence-electron chi connectivity index (χ3n) is 4.43. The van der Waals surface area contributed by atoms with Crippen molar-refractivity contribution in [3.05, 3.63) is 84.5 Å². The monoisotopic (exact) mass is 750 g/mol. The molecule has 190 valence electrons. The van der Waals surface area contributed by atoms with Crippen molar-refractivity contribution in [3.8, 4) is 11.5 Å². The first-order chi connectivity index (χ1) is 16.8. The zero-order valence-corrected chi connectivity index (χ0v) is 25.8. The zero-order valence-electron chi connectivity index (χ0n) is 16.7. The first-order valence-electron chi connectivity index (χ1n) is 9.00. The molecule has 36 heavy (non-hydrogen) atoms. The quantitative estimate of drug-likeness (QED) is 0.0856. The maximum atomic E-state index is 13.3. The summed E-state index contributed by atoms with van der Waals surface area (Å²) in [5, 5.41) is -2.46. The molecule has 4 nitrogen and oxygen atoms in total. The van der Waals surface area contributed by atoms with Gasteiger partial charge in [0.05, 0.1) is 30.1 Å². The van der Waals surface area contributed by atoms with Crippen molar-refractivity contribution in [3.63, 3.8) is 0 Å². The number of rotatable bonds is 5. The number of hydrogen-bond acceptors (Lipinski definition) is 4. The Morgan fingerprint density at radius 1 is 0.556 bits per heavy atom. The van der Waals surface area contributed by atoms with Gasteiger partial charge in [0.2, 0.25) is 0 Å². The van der Waals surface area contributed by atoms with Gasteiger partial charge in [-0.25, -0.2) is 0 Å². The average molecular weight is 756 g/mol. The SMILES string of the molecule is O=C(Oc1c(Cl)c(Cl)c(Cl)c(Cl)c1Cl)C(C(=O)Oc1c(Cl)c(Cl)c(Cl)c(Cl)c1Cl)c1ccccc1Br. The molecule has 0 saturated carbocycles. The van der Waals surface area contributed by atoms with Gasteiger partial charge in [-0.3, -0.25) is 9.59 Å². The Hall–Kier alpha value is -0.0200. The minimum atomic E-state index is -1.73. The van der Waals surface area contributed by atoms with E-state index in [1.54, 1.807) is 18.2 Å². The highest BCUT2D eigenvalue weighted by atomic mass is 79.9. The Morgan fingerprint density at radius 2 is 0.861 bits per heavy atom. The normalized spacial score (nSPS) is 11.1. The molecule has 0 aliphatic rings. The number of benzene rings is 3. The highest BCUT2D eigenvalue weighted by molar-refractivity contribution is 9.10. The van der Waals surface area contributed by atoms with Crippen LogP contribution in [0.25, 0.3) is 0 Å². The van der Waals surface area contributed by atoms with Gasteiger partial charge in [0.15, 0.2) is 17.4 Å². The van der Waals surface area contributed by atoms with Crippen LogP contribution in [0.5, 0.6) is 11.5 Å². The van der Waals surface area contributed by atoms with Crippen LogP contribution in [0.1, 0.15) is 11.5 Å². The van der Waals surface area contributed by atoms with E-state index in [9.17, 15) is 9.59 Å².